The molecular formula is C31H41N5O4S. The third kappa shape index (κ3) is 6.79. The Hall–Kier alpha value is -3.29. The molecule has 0 radical (unpaired) electrons. The van der Waals surface area contributed by atoms with Gasteiger partial charge in [0.1, 0.15) is 17.5 Å². The minimum absolute atomic E-state index is 0.000504. The van der Waals surface area contributed by atoms with Crippen molar-refractivity contribution in [1.29, 1.82) is 5.26 Å². The molecule has 2 aromatic rings. The smallest absolute Gasteiger partial charge is 0.246 e. The average Bonchev–Trinajstić information content (AvgIpc) is 3.44. The normalized spacial score (nSPS) is 21.2. The molecule has 0 bridgehead atoms. The van der Waals surface area contributed by atoms with Crippen LogP contribution in [-0.4, -0.2) is 57.4 Å². The lowest BCUT2D eigenvalue weighted by atomic mass is 9.85. The molecule has 2 fully saturated rings. The predicted octanol–water partition coefficient (Wildman–Crippen LogP) is 4.12. The van der Waals surface area contributed by atoms with Crippen LogP contribution in [0.4, 0.5) is 0 Å². The summed E-state index contributed by atoms with van der Waals surface area (Å²) in [6, 6.07) is 8.08. The molecule has 2 heterocycles. The molecular weight excluding hydrogens is 538 g/mol. The highest BCUT2D eigenvalue weighted by Gasteiger charge is 2.53. The number of nitrogens with one attached hydrogen (secondary N) is 2. The number of aryl methyl sites for hydroxylation is 1. The van der Waals surface area contributed by atoms with Gasteiger partial charge in [-0.15, -0.1) is 11.3 Å². The molecule has 1 aromatic carbocycles. The van der Waals surface area contributed by atoms with E-state index in [2.05, 4.69) is 35.5 Å². The van der Waals surface area contributed by atoms with Gasteiger partial charge in [0, 0.05) is 13.0 Å². The maximum absolute atomic E-state index is 13.9. The van der Waals surface area contributed by atoms with Gasteiger partial charge in [-0.25, -0.2) is 4.98 Å². The van der Waals surface area contributed by atoms with Gasteiger partial charge < -0.3 is 20.6 Å². The summed E-state index contributed by atoms with van der Waals surface area (Å²) in [5, 5.41) is 26.0. The zero-order valence-electron chi connectivity index (χ0n) is 24.7. The van der Waals surface area contributed by atoms with E-state index in [1.165, 1.54) is 4.90 Å². The summed E-state index contributed by atoms with van der Waals surface area (Å²) < 4.78 is 0. The Morgan fingerprint density at radius 3 is 2.37 bits per heavy atom. The van der Waals surface area contributed by atoms with E-state index in [0.717, 1.165) is 21.7 Å². The largest absolute Gasteiger partial charge is 0.391 e. The average molecular weight is 580 g/mol. The first-order valence-electron chi connectivity index (χ1n) is 14.3. The van der Waals surface area contributed by atoms with E-state index in [0.29, 0.717) is 25.2 Å². The summed E-state index contributed by atoms with van der Waals surface area (Å²) >= 11 is 1.59. The van der Waals surface area contributed by atoms with E-state index in [-0.39, 0.29) is 24.9 Å². The quantitative estimate of drug-likeness (QED) is 0.409. The Morgan fingerprint density at radius 2 is 1.85 bits per heavy atom. The van der Waals surface area contributed by atoms with Crippen molar-refractivity contribution in [1.82, 2.24) is 20.5 Å². The third-order valence-corrected chi connectivity index (χ3v) is 8.97. The maximum Gasteiger partial charge on any atom is 0.246 e. The Labute approximate surface area is 246 Å². The highest BCUT2D eigenvalue weighted by atomic mass is 32.1. The number of carbonyl (C=O) groups is 3. The van der Waals surface area contributed by atoms with E-state index in [1.807, 2.05) is 57.5 Å². The number of thiazole rings is 1. The van der Waals surface area contributed by atoms with E-state index in [4.69, 9.17) is 0 Å². The number of rotatable bonds is 9. The van der Waals surface area contributed by atoms with Crippen molar-refractivity contribution in [2.45, 2.75) is 91.5 Å². The number of benzene rings is 1. The molecule has 0 unspecified atom stereocenters. The number of hydrogen-bond acceptors (Lipinski definition) is 7. The minimum Gasteiger partial charge on any atom is -0.391 e. The summed E-state index contributed by atoms with van der Waals surface area (Å²) in [4.78, 5) is 47.3. The summed E-state index contributed by atoms with van der Waals surface area (Å²) in [5.41, 5.74) is 3.07. The van der Waals surface area contributed by atoms with Crippen molar-refractivity contribution in [2.75, 3.05) is 6.54 Å². The number of likely N-dealkylation sites (tertiary alicyclic amines) is 1. The number of aliphatic hydroxyl groups excluding tert-OH is 1. The van der Waals surface area contributed by atoms with E-state index < -0.39 is 40.8 Å². The van der Waals surface area contributed by atoms with Gasteiger partial charge in [-0.3, -0.25) is 14.4 Å². The molecule has 2 aliphatic rings. The van der Waals surface area contributed by atoms with Crippen LogP contribution in [0.5, 0.6) is 0 Å². The fourth-order valence-corrected chi connectivity index (χ4v) is 6.18. The second-order valence-electron chi connectivity index (χ2n) is 12.9. The molecule has 1 aromatic heterocycles. The number of aromatic nitrogens is 1. The Balaban J connectivity index is 1.53. The predicted molar refractivity (Wildman–Crippen MR) is 157 cm³/mol. The van der Waals surface area contributed by atoms with Crippen LogP contribution in [0.25, 0.3) is 10.4 Å². The number of amides is 3. The molecule has 1 aliphatic carbocycles. The molecule has 9 nitrogen and oxygen atoms in total. The second kappa shape index (κ2) is 11.9. The Bertz CT molecular complexity index is 1320. The minimum atomic E-state index is -1.08. The van der Waals surface area contributed by atoms with Crippen LogP contribution >= 0.6 is 11.3 Å². The van der Waals surface area contributed by atoms with E-state index in [9.17, 15) is 24.8 Å². The van der Waals surface area contributed by atoms with Crippen molar-refractivity contribution in [2.24, 2.45) is 16.7 Å². The molecule has 220 valence electrons. The van der Waals surface area contributed by atoms with Crippen molar-refractivity contribution < 1.29 is 19.5 Å². The van der Waals surface area contributed by atoms with Gasteiger partial charge in [0.25, 0.3) is 0 Å². The number of nitriles is 1. The van der Waals surface area contributed by atoms with Crippen LogP contribution in [-0.2, 0) is 14.4 Å². The van der Waals surface area contributed by atoms with E-state index >= 15 is 0 Å². The Morgan fingerprint density at radius 1 is 1.20 bits per heavy atom. The molecule has 4 atom stereocenters. The molecule has 1 saturated heterocycles. The zero-order valence-corrected chi connectivity index (χ0v) is 25.5. The van der Waals surface area contributed by atoms with Crippen molar-refractivity contribution in [3.05, 3.63) is 41.0 Å². The first kappa shape index (κ1) is 30.7. The van der Waals surface area contributed by atoms with Crippen LogP contribution in [0.3, 0.4) is 0 Å². The van der Waals surface area contributed by atoms with Gasteiger partial charge in [0.15, 0.2) is 0 Å². The number of hydrogen-bond donors (Lipinski definition) is 3. The van der Waals surface area contributed by atoms with Gasteiger partial charge in [0.05, 0.1) is 34.3 Å². The van der Waals surface area contributed by atoms with Gasteiger partial charge in [0.2, 0.25) is 17.7 Å². The van der Waals surface area contributed by atoms with Crippen molar-refractivity contribution in [3.63, 3.8) is 0 Å². The second-order valence-corrected chi connectivity index (χ2v) is 13.8. The topological polar surface area (TPSA) is 135 Å². The summed E-state index contributed by atoms with van der Waals surface area (Å²) in [7, 11) is 0. The molecule has 4 rings (SSSR count). The van der Waals surface area contributed by atoms with Crippen LogP contribution in [0, 0.1) is 35.0 Å². The van der Waals surface area contributed by atoms with Crippen LogP contribution in [0.1, 0.15) is 77.6 Å². The van der Waals surface area contributed by atoms with Gasteiger partial charge in [-0.1, -0.05) is 58.9 Å². The molecule has 3 amide bonds. The fraction of sp³-hybridized carbons (Fsp3) is 0.581. The van der Waals surface area contributed by atoms with Crippen molar-refractivity contribution in [3.8, 4) is 16.5 Å². The first-order chi connectivity index (χ1) is 19.3. The standard InChI is InChI=1S/C31H41N5O4S/c1-18(2)13-23(20-7-9-21(10-8-20)25-19(3)33-17-41-25)34-27(38)24-14-22(37)15-36(24)28(39)26(30(4,5)6)35-29(40)31(16-32)11-12-31/h7-10,17-18,22-24,26,37H,11-15H2,1-6H3,(H,34,38)(H,35,40)/t22-,23+,24+,26-/m1/s1. The van der Waals surface area contributed by atoms with Crippen LogP contribution in [0.15, 0.2) is 29.8 Å². The summed E-state index contributed by atoms with van der Waals surface area (Å²) in [5.74, 6) is -0.924. The maximum atomic E-state index is 13.9. The van der Waals surface area contributed by atoms with Gasteiger partial charge >= 0.3 is 0 Å². The SMILES string of the molecule is Cc1ncsc1-c1ccc([C@H](CC(C)C)NC(=O)[C@@H]2C[C@@H](O)CN2C(=O)[C@@H](NC(=O)C2(C#N)CC2)C(C)(C)C)cc1. The highest BCUT2D eigenvalue weighted by Crippen LogP contribution is 2.45. The van der Waals surface area contributed by atoms with Gasteiger partial charge in [-0.05, 0) is 48.6 Å². The summed E-state index contributed by atoms with van der Waals surface area (Å²) in [6.45, 7) is 11.7. The first-order valence-corrected chi connectivity index (χ1v) is 15.1. The number of nitrogens with zero attached hydrogens (tertiary/aromatic N) is 3. The highest BCUT2D eigenvalue weighted by molar-refractivity contribution is 7.13. The molecule has 10 heteroatoms. The lowest BCUT2D eigenvalue weighted by Gasteiger charge is -2.36. The van der Waals surface area contributed by atoms with Gasteiger partial charge in [-0.2, -0.15) is 5.26 Å². The number of aliphatic hydroxyl groups is 1. The summed E-state index contributed by atoms with van der Waals surface area (Å²) in [6.07, 6.45) is 0.893. The van der Waals surface area contributed by atoms with Crippen molar-refractivity contribution >= 4 is 29.1 Å². The molecule has 0 spiro atoms. The lowest BCUT2D eigenvalue weighted by Crippen LogP contribution is -2.58. The van der Waals surface area contributed by atoms with E-state index in [1.54, 1.807) is 11.3 Å². The Kier molecular flexibility index (Phi) is 8.90. The molecule has 41 heavy (non-hydrogen) atoms. The molecule has 3 N–H and O–H groups in total. The number of carbonyl (C=O) groups excluding carboxylic acids is 3. The third-order valence-electron chi connectivity index (χ3n) is 8.00. The lowest BCUT2D eigenvalue weighted by molar-refractivity contribution is -0.144. The van der Waals surface area contributed by atoms with Crippen LogP contribution < -0.4 is 10.6 Å². The van der Waals surface area contributed by atoms with Crippen LogP contribution in [0.2, 0.25) is 0 Å². The monoisotopic (exact) mass is 579 g/mol. The molecule has 1 saturated carbocycles. The fourth-order valence-electron chi connectivity index (χ4n) is 5.37. The zero-order chi connectivity index (χ0) is 30.1. The molecule has 1 aliphatic heterocycles. The number of β-amino-alcohol motifs (C(OH)–C–C–N with tert-alkyl or cyclic N) is 1.